The van der Waals surface area contributed by atoms with Gasteiger partial charge in [0, 0.05) is 6.42 Å². The summed E-state index contributed by atoms with van der Waals surface area (Å²) < 4.78 is 35.5. The molecule has 1 aliphatic rings. The Bertz CT molecular complexity index is 1190. The van der Waals surface area contributed by atoms with E-state index in [4.69, 9.17) is 4.74 Å². The summed E-state index contributed by atoms with van der Waals surface area (Å²) in [5.74, 6) is -2.54. The van der Waals surface area contributed by atoms with Crippen LogP contribution >= 0.6 is 11.3 Å². The molecule has 2 aromatic rings. The van der Waals surface area contributed by atoms with Crippen molar-refractivity contribution >= 4 is 34.8 Å². The number of carbonyl (C=O) groups excluding carboxylic acids is 4. The van der Waals surface area contributed by atoms with E-state index in [9.17, 15) is 28.0 Å². The monoisotopic (exact) mass is 580 g/mol. The first-order valence-electron chi connectivity index (χ1n) is 12.8. The van der Waals surface area contributed by atoms with Gasteiger partial charge in [0.05, 0.1) is 30.5 Å². The summed E-state index contributed by atoms with van der Waals surface area (Å²) in [7, 11) is 0. The van der Waals surface area contributed by atoms with Crippen LogP contribution in [0.2, 0.25) is 0 Å². The summed E-state index contributed by atoms with van der Waals surface area (Å²) in [5, 5.41) is 8.31. The molecule has 3 amide bonds. The van der Waals surface area contributed by atoms with Gasteiger partial charge >= 0.3 is 6.61 Å². The van der Waals surface area contributed by atoms with Crippen LogP contribution in [0.25, 0.3) is 0 Å². The smallest absolute Gasteiger partial charge is 0.345 e. The van der Waals surface area contributed by atoms with Gasteiger partial charge in [-0.2, -0.15) is 8.78 Å². The maximum absolute atomic E-state index is 13.4. The molecule has 1 saturated heterocycles. The van der Waals surface area contributed by atoms with E-state index < -0.39 is 54.7 Å². The predicted octanol–water partition coefficient (Wildman–Crippen LogP) is 2.41. The van der Waals surface area contributed by atoms with Crippen LogP contribution in [0.5, 0.6) is 0 Å². The van der Waals surface area contributed by atoms with Gasteiger partial charge < -0.3 is 25.4 Å². The number of alkyl halides is 2. The summed E-state index contributed by atoms with van der Waals surface area (Å²) in [6, 6.07) is 5.15. The first kappa shape index (κ1) is 31.2. The molecule has 3 rings (SSSR count). The van der Waals surface area contributed by atoms with Crippen molar-refractivity contribution in [1.29, 1.82) is 0 Å². The second-order valence-corrected chi connectivity index (χ2v) is 11.4. The van der Waals surface area contributed by atoms with Gasteiger partial charge in [0.1, 0.15) is 22.6 Å². The van der Waals surface area contributed by atoms with Crippen LogP contribution in [0.1, 0.15) is 47.4 Å². The van der Waals surface area contributed by atoms with Crippen LogP contribution in [0.15, 0.2) is 36.5 Å². The maximum Gasteiger partial charge on any atom is 0.345 e. The molecule has 1 aliphatic heterocycles. The number of amides is 3. The van der Waals surface area contributed by atoms with Crippen molar-refractivity contribution in [3.8, 4) is 0 Å². The second kappa shape index (κ2) is 13.9. The van der Waals surface area contributed by atoms with E-state index in [0.29, 0.717) is 10.6 Å². The van der Waals surface area contributed by atoms with Crippen LogP contribution in [0.3, 0.4) is 0 Å². The zero-order chi connectivity index (χ0) is 29.4. The fourth-order valence-corrected chi connectivity index (χ4v) is 4.65. The maximum atomic E-state index is 13.4. The number of ketones is 1. The molecule has 10 nitrogen and oxygen atoms in total. The number of rotatable bonds is 15. The minimum Gasteiger partial charge on any atom is -0.361 e. The van der Waals surface area contributed by atoms with Crippen molar-refractivity contribution in [3.63, 3.8) is 0 Å². The Morgan fingerprint density at radius 1 is 1.05 bits per heavy atom. The van der Waals surface area contributed by atoms with Gasteiger partial charge in [-0.1, -0.05) is 44.2 Å². The molecule has 218 valence electrons. The largest absolute Gasteiger partial charge is 0.361 e. The average molecular weight is 581 g/mol. The number of benzene rings is 1. The van der Waals surface area contributed by atoms with Crippen LogP contribution in [0.4, 0.5) is 8.78 Å². The summed E-state index contributed by atoms with van der Waals surface area (Å²) in [6.45, 7) is 3.22. The van der Waals surface area contributed by atoms with Crippen molar-refractivity contribution in [1.82, 2.24) is 20.9 Å². The standard InChI is InChI=1S/C27H34F2N4O6S/c1-15(2)10-18(22(34)27(4)14-39-27)31-24(36)20(13-38-26(28)29)33-23(35)19(11-17-8-6-5-7-9-17)32-25(37)21-12-30-16(3)40-21/h5-9,12,15,18-20,26H,10-11,13-14H2,1-4H3,(H,31,36)(H,32,37)(H,33,35)/t18-,19-,20-,27+/m0/s1. The predicted molar refractivity (Wildman–Crippen MR) is 143 cm³/mol. The SMILES string of the molecule is Cc1ncc(C(=O)N[C@@H](Cc2ccccc2)C(=O)N[C@@H](COC(F)F)C(=O)N[C@@H](CC(C)C)C(=O)[C@@]2(C)CO2)s1. The van der Waals surface area contributed by atoms with Gasteiger partial charge in [-0.25, -0.2) is 4.98 Å². The highest BCUT2D eigenvalue weighted by Gasteiger charge is 2.50. The molecule has 0 spiro atoms. The molecular weight excluding hydrogens is 546 g/mol. The number of hydrogen-bond donors (Lipinski definition) is 3. The van der Waals surface area contributed by atoms with Gasteiger partial charge in [-0.15, -0.1) is 11.3 Å². The number of Topliss-reactive ketones (excluding diaryl/α,β-unsaturated/α-hetero) is 1. The lowest BCUT2D eigenvalue weighted by Crippen LogP contribution is -2.58. The Morgan fingerprint density at radius 3 is 2.23 bits per heavy atom. The summed E-state index contributed by atoms with van der Waals surface area (Å²) in [5.41, 5.74) is -0.306. The number of nitrogens with zero attached hydrogens (tertiary/aromatic N) is 1. The number of halogens is 2. The van der Waals surface area contributed by atoms with Crippen LogP contribution < -0.4 is 16.0 Å². The highest BCUT2D eigenvalue weighted by Crippen LogP contribution is 2.29. The normalized spacial score (nSPS) is 18.6. The van der Waals surface area contributed by atoms with E-state index in [0.717, 1.165) is 11.3 Å². The Hall–Kier alpha value is -3.29. The number of carbonyl (C=O) groups is 4. The molecule has 1 aromatic heterocycles. The number of hydrogen-bond acceptors (Lipinski definition) is 8. The van der Waals surface area contributed by atoms with Gasteiger partial charge in [-0.05, 0) is 31.7 Å². The zero-order valence-corrected chi connectivity index (χ0v) is 23.6. The lowest BCUT2D eigenvalue weighted by Gasteiger charge is -2.26. The van der Waals surface area contributed by atoms with Gasteiger partial charge in [-0.3, -0.25) is 19.2 Å². The molecular formula is C27H34F2N4O6S. The van der Waals surface area contributed by atoms with Crippen LogP contribution in [-0.4, -0.2) is 72.0 Å². The highest BCUT2D eigenvalue weighted by atomic mass is 32.1. The molecule has 0 radical (unpaired) electrons. The lowest BCUT2D eigenvalue weighted by molar-refractivity contribution is -0.148. The quantitative estimate of drug-likeness (QED) is 0.275. The van der Waals surface area contributed by atoms with Gasteiger partial charge in [0.25, 0.3) is 5.91 Å². The number of aromatic nitrogens is 1. The zero-order valence-electron chi connectivity index (χ0n) is 22.7. The number of aryl methyl sites for hydroxylation is 1. The minimum atomic E-state index is -3.20. The molecule has 3 N–H and O–H groups in total. The Labute approximate surface area is 235 Å². The van der Waals surface area contributed by atoms with Crippen molar-refractivity contribution < 1.29 is 37.4 Å². The molecule has 0 bridgehead atoms. The van der Waals surface area contributed by atoms with Crippen LogP contribution in [-0.2, 0) is 30.3 Å². The second-order valence-electron chi connectivity index (χ2n) is 10.2. The fraction of sp³-hybridized carbons (Fsp3) is 0.519. The number of thiazole rings is 1. The summed E-state index contributed by atoms with van der Waals surface area (Å²) in [6.07, 6.45) is 1.72. The minimum absolute atomic E-state index is 0.0165. The van der Waals surface area contributed by atoms with E-state index in [-0.39, 0.29) is 36.0 Å². The van der Waals surface area contributed by atoms with E-state index in [1.807, 2.05) is 13.8 Å². The molecule has 1 aromatic carbocycles. The van der Waals surface area contributed by atoms with Gasteiger partial charge in [0.15, 0.2) is 5.78 Å². The summed E-state index contributed by atoms with van der Waals surface area (Å²) in [4.78, 5) is 56.8. The Kier molecular flexibility index (Phi) is 10.8. The molecule has 2 heterocycles. The molecule has 40 heavy (non-hydrogen) atoms. The van der Waals surface area contributed by atoms with Gasteiger partial charge in [0.2, 0.25) is 11.8 Å². The number of ether oxygens (including phenoxy) is 2. The highest BCUT2D eigenvalue weighted by molar-refractivity contribution is 7.13. The van der Waals surface area contributed by atoms with E-state index >= 15 is 0 Å². The molecule has 0 aliphatic carbocycles. The third-order valence-electron chi connectivity index (χ3n) is 6.21. The average Bonchev–Trinajstić information content (AvgIpc) is 3.50. The van der Waals surface area contributed by atoms with E-state index in [1.54, 1.807) is 44.2 Å². The van der Waals surface area contributed by atoms with Crippen LogP contribution in [0, 0.1) is 12.8 Å². The van der Waals surface area contributed by atoms with E-state index in [2.05, 4.69) is 25.7 Å². The van der Waals surface area contributed by atoms with Crippen molar-refractivity contribution in [2.75, 3.05) is 13.2 Å². The first-order valence-corrected chi connectivity index (χ1v) is 13.7. The molecule has 1 fully saturated rings. The Morgan fingerprint density at radius 2 is 1.68 bits per heavy atom. The molecule has 4 atom stereocenters. The number of epoxide rings is 1. The molecule has 0 saturated carbocycles. The topological polar surface area (TPSA) is 139 Å². The molecule has 13 heteroatoms. The molecule has 0 unspecified atom stereocenters. The van der Waals surface area contributed by atoms with Crippen molar-refractivity contribution in [3.05, 3.63) is 52.0 Å². The lowest BCUT2D eigenvalue weighted by atomic mass is 9.93. The van der Waals surface area contributed by atoms with Crippen molar-refractivity contribution in [2.45, 2.75) is 70.9 Å². The third kappa shape index (κ3) is 9.14. The number of nitrogens with one attached hydrogen (secondary N) is 3. The summed E-state index contributed by atoms with van der Waals surface area (Å²) >= 11 is 1.14. The van der Waals surface area contributed by atoms with E-state index in [1.165, 1.54) is 6.20 Å². The third-order valence-corrected chi connectivity index (χ3v) is 7.12. The first-order chi connectivity index (χ1) is 18.9. The fourth-order valence-electron chi connectivity index (χ4n) is 3.97. The van der Waals surface area contributed by atoms with Crippen molar-refractivity contribution in [2.24, 2.45) is 5.92 Å². The Balaban J connectivity index is 1.79.